The van der Waals surface area contributed by atoms with Crippen molar-refractivity contribution in [2.75, 3.05) is 0 Å². The summed E-state index contributed by atoms with van der Waals surface area (Å²) in [7, 11) is 0. The third kappa shape index (κ3) is 3.41. The smallest absolute Gasteiger partial charge is 0.0164 e. The molecule has 1 aliphatic rings. The molecule has 0 atom stereocenters. The van der Waals surface area contributed by atoms with Crippen LogP contribution in [0.1, 0.15) is 39.0 Å². The van der Waals surface area contributed by atoms with Crippen molar-refractivity contribution in [3.05, 3.63) is 24.3 Å². The van der Waals surface area contributed by atoms with Crippen molar-refractivity contribution >= 4 is 0 Å². The third-order valence-electron chi connectivity index (χ3n) is 2.18. The van der Waals surface area contributed by atoms with Gasteiger partial charge in [0.25, 0.3) is 0 Å². The minimum Gasteiger partial charge on any atom is -0.0882 e. The normalized spacial score (nSPS) is 18.6. The molecular weight excluding hydrogens is 132 g/mol. The Morgan fingerprint density at radius 1 is 1.36 bits per heavy atom. The van der Waals surface area contributed by atoms with E-state index in [0.717, 1.165) is 5.92 Å². The Morgan fingerprint density at radius 2 is 2.09 bits per heavy atom. The molecule has 0 nitrogen and oxygen atoms in total. The zero-order valence-corrected chi connectivity index (χ0v) is 7.42. The lowest BCUT2D eigenvalue weighted by molar-refractivity contribution is 0.708. The first-order chi connectivity index (χ1) is 5.43. The van der Waals surface area contributed by atoms with E-state index in [2.05, 4.69) is 31.2 Å². The van der Waals surface area contributed by atoms with Gasteiger partial charge in [-0.3, -0.25) is 0 Å². The monoisotopic (exact) mass is 150 g/mol. The van der Waals surface area contributed by atoms with Crippen LogP contribution in [0.25, 0.3) is 0 Å². The van der Waals surface area contributed by atoms with Gasteiger partial charge in [0.05, 0.1) is 0 Å². The van der Waals surface area contributed by atoms with Crippen molar-refractivity contribution in [2.24, 2.45) is 5.92 Å². The molecule has 0 aromatic rings. The highest BCUT2D eigenvalue weighted by molar-refractivity contribution is 5.02. The highest BCUT2D eigenvalue weighted by Gasteiger charge is 2.04. The molecule has 0 heteroatoms. The van der Waals surface area contributed by atoms with Crippen molar-refractivity contribution in [1.29, 1.82) is 0 Å². The van der Waals surface area contributed by atoms with Crippen LogP contribution in [0.4, 0.5) is 0 Å². The van der Waals surface area contributed by atoms with Crippen LogP contribution in [0.3, 0.4) is 0 Å². The predicted molar refractivity (Wildman–Crippen MR) is 50.5 cm³/mol. The fourth-order valence-corrected chi connectivity index (χ4v) is 1.41. The molecule has 0 amide bonds. The Balaban J connectivity index is 2.04. The second-order valence-electron chi connectivity index (χ2n) is 3.27. The lowest BCUT2D eigenvalue weighted by Gasteiger charge is -1.99. The molecule has 0 unspecified atom stereocenters. The number of hydrogen-bond donors (Lipinski definition) is 0. The maximum atomic E-state index is 2.38. The molecule has 0 radical (unpaired) electrons. The summed E-state index contributed by atoms with van der Waals surface area (Å²) in [5.41, 5.74) is 0. The first-order valence-corrected chi connectivity index (χ1v) is 4.75. The largest absolute Gasteiger partial charge is 0.0882 e. The first-order valence-electron chi connectivity index (χ1n) is 4.75. The molecule has 0 aromatic heterocycles. The molecule has 0 heterocycles. The van der Waals surface area contributed by atoms with Crippen LogP contribution < -0.4 is 0 Å². The second kappa shape index (κ2) is 5.17. The Bertz CT molecular complexity index is 134. The van der Waals surface area contributed by atoms with Gasteiger partial charge in [-0.15, -0.1) is 0 Å². The maximum Gasteiger partial charge on any atom is -0.0164 e. The first kappa shape index (κ1) is 8.58. The highest BCUT2D eigenvalue weighted by atomic mass is 14.1. The van der Waals surface area contributed by atoms with E-state index >= 15 is 0 Å². The van der Waals surface area contributed by atoms with Crippen LogP contribution in [0, 0.1) is 5.92 Å². The SMILES string of the molecule is CCCCC=CC1CC=CC1. The number of unbranched alkanes of at least 4 members (excludes halogenated alkanes) is 2. The van der Waals surface area contributed by atoms with Crippen molar-refractivity contribution in [2.45, 2.75) is 39.0 Å². The van der Waals surface area contributed by atoms with Crippen molar-refractivity contribution < 1.29 is 0 Å². The van der Waals surface area contributed by atoms with Crippen LogP contribution in [0.2, 0.25) is 0 Å². The summed E-state index contributed by atoms with van der Waals surface area (Å²) in [6.07, 6.45) is 15.8. The Kier molecular flexibility index (Phi) is 4.03. The molecule has 0 saturated carbocycles. The standard InChI is InChI=1S/C11H18/c1-2-3-4-5-8-11-9-6-7-10-11/h5-8,11H,2-4,9-10H2,1H3. The molecular formula is C11H18. The van der Waals surface area contributed by atoms with Gasteiger partial charge in [0, 0.05) is 0 Å². The van der Waals surface area contributed by atoms with Gasteiger partial charge < -0.3 is 0 Å². The topological polar surface area (TPSA) is 0 Å². The summed E-state index contributed by atoms with van der Waals surface area (Å²) < 4.78 is 0. The minimum absolute atomic E-state index is 0.826. The quantitative estimate of drug-likeness (QED) is 0.423. The van der Waals surface area contributed by atoms with Crippen LogP contribution in [-0.2, 0) is 0 Å². The molecule has 0 N–H and O–H groups in total. The Hall–Kier alpha value is -0.520. The fourth-order valence-electron chi connectivity index (χ4n) is 1.41. The molecule has 0 saturated heterocycles. The van der Waals surface area contributed by atoms with Crippen LogP contribution in [0.15, 0.2) is 24.3 Å². The molecule has 1 aliphatic carbocycles. The molecule has 1 rings (SSSR count). The molecule has 0 fully saturated rings. The van der Waals surface area contributed by atoms with E-state index in [1.165, 1.54) is 32.1 Å². The highest BCUT2D eigenvalue weighted by Crippen LogP contribution is 2.18. The van der Waals surface area contributed by atoms with E-state index in [4.69, 9.17) is 0 Å². The summed E-state index contributed by atoms with van der Waals surface area (Å²) in [6, 6.07) is 0. The van der Waals surface area contributed by atoms with Gasteiger partial charge in [-0.25, -0.2) is 0 Å². The van der Waals surface area contributed by atoms with Crippen molar-refractivity contribution in [3.8, 4) is 0 Å². The van der Waals surface area contributed by atoms with Gasteiger partial charge in [0.1, 0.15) is 0 Å². The average molecular weight is 150 g/mol. The summed E-state index contributed by atoms with van der Waals surface area (Å²) in [6.45, 7) is 2.24. The van der Waals surface area contributed by atoms with Gasteiger partial charge in [0.15, 0.2) is 0 Å². The van der Waals surface area contributed by atoms with Gasteiger partial charge in [-0.2, -0.15) is 0 Å². The molecule has 0 aliphatic heterocycles. The summed E-state index contributed by atoms with van der Waals surface area (Å²) in [5, 5.41) is 0. The molecule has 0 bridgehead atoms. The summed E-state index contributed by atoms with van der Waals surface area (Å²) >= 11 is 0. The van der Waals surface area contributed by atoms with Crippen molar-refractivity contribution in [3.63, 3.8) is 0 Å². The van der Waals surface area contributed by atoms with E-state index in [1.807, 2.05) is 0 Å². The van der Waals surface area contributed by atoms with Gasteiger partial charge in [0.2, 0.25) is 0 Å². The van der Waals surface area contributed by atoms with E-state index in [1.54, 1.807) is 0 Å². The molecule has 0 aromatic carbocycles. The average Bonchev–Trinajstić information content (AvgIpc) is 2.50. The van der Waals surface area contributed by atoms with Crippen LogP contribution in [-0.4, -0.2) is 0 Å². The second-order valence-corrected chi connectivity index (χ2v) is 3.27. The van der Waals surface area contributed by atoms with Gasteiger partial charge in [-0.1, -0.05) is 44.1 Å². The lowest BCUT2D eigenvalue weighted by Crippen LogP contribution is -1.85. The summed E-state index contributed by atoms with van der Waals surface area (Å²) in [5.74, 6) is 0.826. The third-order valence-corrected chi connectivity index (χ3v) is 2.18. The number of hydrogen-bond acceptors (Lipinski definition) is 0. The lowest BCUT2D eigenvalue weighted by atomic mass is 10.1. The predicted octanol–water partition coefficient (Wildman–Crippen LogP) is 3.70. The minimum atomic E-state index is 0.826. The Labute approximate surface area is 70.0 Å². The fraction of sp³-hybridized carbons (Fsp3) is 0.636. The van der Waals surface area contributed by atoms with Crippen molar-refractivity contribution in [1.82, 2.24) is 0 Å². The summed E-state index contributed by atoms with van der Waals surface area (Å²) in [4.78, 5) is 0. The van der Waals surface area contributed by atoms with E-state index in [0.29, 0.717) is 0 Å². The maximum absolute atomic E-state index is 2.38. The van der Waals surface area contributed by atoms with Crippen LogP contribution >= 0.6 is 0 Å². The van der Waals surface area contributed by atoms with Gasteiger partial charge >= 0.3 is 0 Å². The van der Waals surface area contributed by atoms with E-state index in [9.17, 15) is 0 Å². The number of allylic oxidation sites excluding steroid dienone is 4. The van der Waals surface area contributed by atoms with Gasteiger partial charge in [-0.05, 0) is 25.2 Å². The molecule has 11 heavy (non-hydrogen) atoms. The zero-order chi connectivity index (χ0) is 7.94. The van der Waals surface area contributed by atoms with E-state index in [-0.39, 0.29) is 0 Å². The number of rotatable bonds is 4. The van der Waals surface area contributed by atoms with Crippen LogP contribution in [0.5, 0.6) is 0 Å². The molecule has 62 valence electrons. The zero-order valence-electron chi connectivity index (χ0n) is 7.42. The molecule has 0 spiro atoms. The van der Waals surface area contributed by atoms with E-state index < -0.39 is 0 Å². The Morgan fingerprint density at radius 3 is 2.73 bits per heavy atom.